The molecule has 0 bridgehead atoms. The molecule has 1 heterocycles. The van der Waals surface area contributed by atoms with Gasteiger partial charge in [0, 0.05) is 12.6 Å². The van der Waals surface area contributed by atoms with E-state index in [9.17, 15) is 18.0 Å². The fraction of sp³-hybridized carbons (Fsp3) is 0.615. The van der Waals surface area contributed by atoms with Crippen LogP contribution in [0.1, 0.15) is 26.5 Å². The molecule has 0 aromatic carbocycles. The Morgan fingerprint density at radius 2 is 1.84 bits per heavy atom. The Morgan fingerprint density at radius 1 is 1.26 bits per heavy atom. The summed E-state index contributed by atoms with van der Waals surface area (Å²) in [4.78, 5) is 11.7. The molecule has 1 aromatic rings. The topological polar surface area (TPSA) is 22.0 Å². The van der Waals surface area contributed by atoms with E-state index in [4.69, 9.17) is 0 Å². The molecule has 6 heteroatoms. The number of hydrogen-bond donors (Lipinski definition) is 1. The lowest BCUT2D eigenvalue weighted by atomic mass is 9.82. The van der Waals surface area contributed by atoms with Crippen molar-refractivity contribution in [3.63, 3.8) is 0 Å². The van der Waals surface area contributed by atoms with E-state index in [0.717, 1.165) is 22.8 Å². The van der Waals surface area contributed by atoms with Gasteiger partial charge in [0.15, 0.2) is 0 Å². The number of hydrogen-bond acceptors (Lipinski definition) is 2. The highest BCUT2D eigenvalue weighted by atomic mass is 32.1. The molecule has 1 atom stereocenters. The Labute approximate surface area is 116 Å². The first-order valence-corrected chi connectivity index (χ1v) is 6.58. The van der Waals surface area contributed by atoms with Crippen molar-refractivity contribution < 1.29 is 13.2 Å². The predicted molar refractivity (Wildman–Crippen MR) is 72.5 cm³/mol. The summed E-state index contributed by atoms with van der Waals surface area (Å²) < 4.78 is 39.5. The van der Waals surface area contributed by atoms with Gasteiger partial charge in [-0.1, -0.05) is 26.8 Å². The first-order chi connectivity index (χ1) is 8.57. The van der Waals surface area contributed by atoms with Crippen LogP contribution in [-0.4, -0.2) is 10.3 Å². The maximum Gasteiger partial charge on any atom is 0.431 e. The highest BCUT2D eigenvalue weighted by Gasteiger charge is 2.35. The van der Waals surface area contributed by atoms with Gasteiger partial charge in [-0.2, -0.15) is 25.8 Å². The van der Waals surface area contributed by atoms with Crippen LogP contribution in [0.5, 0.6) is 0 Å². The summed E-state index contributed by atoms with van der Waals surface area (Å²) in [6.45, 7) is 5.79. The summed E-state index contributed by atoms with van der Waals surface area (Å²) >= 11 is 4.18. The van der Waals surface area contributed by atoms with Crippen LogP contribution in [0.3, 0.4) is 0 Å². The van der Waals surface area contributed by atoms with Gasteiger partial charge in [-0.3, -0.25) is 4.79 Å². The number of rotatable bonds is 3. The SMILES string of the molecule is CC(C)(C)C(CS)Cn1c(C(F)(F)F)cccc1=O. The van der Waals surface area contributed by atoms with Crippen molar-refractivity contribution in [1.29, 1.82) is 0 Å². The fourth-order valence-electron chi connectivity index (χ4n) is 1.78. The number of aromatic nitrogens is 1. The number of halogens is 3. The van der Waals surface area contributed by atoms with Crippen LogP contribution in [0.2, 0.25) is 0 Å². The van der Waals surface area contributed by atoms with Crippen LogP contribution in [0, 0.1) is 11.3 Å². The van der Waals surface area contributed by atoms with Crippen molar-refractivity contribution in [2.24, 2.45) is 11.3 Å². The zero-order chi connectivity index (χ0) is 14.8. The van der Waals surface area contributed by atoms with Crippen molar-refractivity contribution in [3.05, 3.63) is 34.2 Å². The Morgan fingerprint density at radius 3 is 2.26 bits per heavy atom. The number of alkyl halides is 3. The molecule has 19 heavy (non-hydrogen) atoms. The summed E-state index contributed by atoms with van der Waals surface area (Å²) in [6, 6.07) is 3.21. The standard InChI is InChI=1S/C13H18F3NOS/c1-12(2,3)9(8-19)7-17-10(13(14,15)16)5-4-6-11(17)18/h4-6,9,19H,7-8H2,1-3H3. The number of thiol groups is 1. The largest absolute Gasteiger partial charge is 0.431 e. The third kappa shape index (κ3) is 4.03. The van der Waals surface area contributed by atoms with E-state index in [1.54, 1.807) is 0 Å². The zero-order valence-corrected chi connectivity index (χ0v) is 12.1. The zero-order valence-electron chi connectivity index (χ0n) is 11.2. The molecule has 108 valence electrons. The molecule has 1 unspecified atom stereocenters. The van der Waals surface area contributed by atoms with Gasteiger partial charge < -0.3 is 4.57 Å². The van der Waals surface area contributed by atoms with Crippen LogP contribution in [0.25, 0.3) is 0 Å². The van der Waals surface area contributed by atoms with Gasteiger partial charge in [0.05, 0.1) is 0 Å². The minimum absolute atomic E-state index is 0.0154. The molecule has 2 nitrogen and oxygen atoms in total. The third-order valence-corrected chi connectivity index (χ3v) is 3.63. The molecule has 0 saturated carbocycles. The highest BCUT2D eigenvalue weighted by Crippen LogP contribution is 2.32. The molecule has 1 rings (SSSR count). The number of pyridine rings is 1. The van der Waals surface area contributed by atoms with E-state index >= 15 is 0 Å². The van der Waals surface area contributed by atoms with Gasteiger partial charge in [-0.25, -0.2) is 0 Å². The lowest BCUT2D eigenvalue weighted by Crippen LogP contribution is -2.34. The van der Waals surface area contributed by atoms with Crippen molar-refractivity contribution >= 4 is 12.6 Å². The van der Waals surface area contributed by atoms with Gasteiger partial charge in [-0.05, 0) is 23.2 Å². The average Bonchev–Trinajstić information content (AvgIpc) is 2.24. The first kappa shape index (κ1) is 16.1. The van der Waals surface area contributed by atoms with E-state index in [1.807, 2.05) is 20.8 Å². The minimum atomic E-state index is -4.53. The van der Waals surface area contributed by atoms with Gasteiger partial charge in [-0.15, -0.1) is 0 Å². The van der Waals surface area contributed by atoms with Crippen molar-refractivity contribution in [2.45, 2.75) is 33.5 Å². The van der Waals surface area contributed by atoms with E-state index in [2.05, 4.69) is 12.6 Å². The molecular weight excluding hydrogens is 275 g/mol. The Bertz CT molecular complexity index is 488. The van der Waals surface area contributed by atoms with E-state index < -0.39 is 17.4 Å². The highest BCUT2D eigenvalue weighted by molar-refractivity contribution is 7.80. The summed E-state index contributed by atoms with van der Waals surface area (Å²) in [5, 5.41) is 0. The molecule has 0 amide bonds. The summed E-state index contributed by atoms with van der Waals surface area (Å²) in [5.74, 6) is 0.291. The summed E-state index contributed by atoms with van der Waals surface area (Å²) in [5.41, 5.74) is -1.76. The maximum atomic E-state index is 12.9. The van der Waals surface area contributed by atoms with Crippen LogP contribution < -0.4 is 5.56 Å². The maximum absolute atomic E-state index is 12.9. The van der Waals surface area contributed by atoms with Crippen LogP contribution in [-0.2, 0) is 12.7 Å². The second kappa shape index (κ2) is 5.61. The molecule has 0 spiro atoms. The quantitative estimate of drug-likeness (QED) is 0.847. The molecule has 0 N–H and O–H groups in total. The fourth-order valence-corrected chi connectivity index (χ4v) is 2.45. The van der Waals surface area contributed by atoms with Crippen molar-refractivity contribution in [3.8, 4) is 0 Å². The minimum Gasteiger partial charge on any atom is -0.304 e. The normalized spacial score (nSPS) is 14.5. The van der Waals surface area contributed by atoms with Crippen molar-refractivity contribution in [1.82, 2.24) is 4.57 Å². The second-order valence-electron chi connectivity index (χ2n) is 5.60. The van der Waals surface area contributed by atoms with E-state index in [-0.39, 0.29) is 17.9 Å². The van der Waals surface area contributed by atoms with Gasteiger partial charge >= 0.3 is 6.18 Å². The third-order valence-electron chi connectivity index (χ3n) is 3.19. The molecule has 1 aromatic heterocycles. The van der Waals surface area contributed by atoms with Crippen LogP contribution >= 0.6 is 12.6 Å². The average molecular weight is 293 g/mol. The molecule has 0 saturated heterocycles. The number of nitrogens with zero attached hydrogens (tertiary/aromatic N) is 1. The smallest absolute Gasteiger partial charge is 0.304 e. The van der Waals surface area contributed by atoms with E-state index in [0.29, 0.717) is 5.75 Å². The van der Waals surface area contributed by atoms with E-state index in [1.165, 1.54) is 0 Å². The van der Waals surface area contributed by atoms with Crippen LogP contribution in [0.15, 0.2) is 23.0 Å². The first-order valence-electron chi connectivity index (χ1n) is 5.95. The molecule has 0 aliphatic heterocycles. The Hall–Kier alpha value is -0.910. The molecule has 0 radical (unpaired) electrons. The van der Waals surface area contributed by atoms with Crippen LogP contribution in [0.4, 0.5) is 13.2 Å². The Balaban J connectivity index is 3.24. The molecule has 0 aliphatic carbocycles. The predicted octanol–water partition coefficient (Wildman–Crippen LogP) is 3.46. The summed E-state index contributed by atoms with van der Waals surface area (Å²) in [6.07, 6.45) is -4.53. The lowest BCUT2D eigenvalue weighted by Gasteiger charge is -2.31. The van der Waals surface area contributed by atoms with Gasteiger partial charge in [0.25, 0.3) is 5.56 Å². The Kier molecular flexibility index (Phi) is 4.76. The molecule has 0 aliphatic rings. The monoisotopic (exact) mass is 293 g/mol. The lowest BCUT2D eigenvalue weighted by molar-refractivity contribution is -0.144. The summed E-state index contributed by atoms with van der Waals surface area (Å²) in [7, 11) is 0. The van der Waals surface area contributed by atoms with Crippen molar-refractivity contribution in [2.75, 3.05) is 5.75 Å². The van der Waals surface area contributed by atoms with Gasteiger partial charge in [0.2, 0.25) is 0 Å². The molecular formula is C13H18F3NOS. The van der Waals surface area contributed by atoms with Gasteiger partial charge in [0.1, 0.15) is 5.69 Å². The second-order valence-corrected chi connectivity index (χ2v) is 5.97. The molecule has 0 fully saturated rings.